The molecular formula is C11H16NO4PS. The van der Waals surface area contributed by atoms with Gasteiger partial charge in [-0.25, -0.2) is 9.69 Å². The van der Waals surface area contributed by atoms with Gasteiger partial charge in [-0.2, -0.15) is 0 Å². The van der Waals surface area contributed by atoms with Crippen molar-refractivity contribution in [1.82, 2.24) is 4.90 Å². The average Bonchev–Trinajstić information content (AvgIpc) is 2.53. The van der Waals surface area contributed by atoms with E-state index in [9.17, 15) is 9.59 Å². The molecule has 0 aromatic rings. The zero-order valence-corrected chi connectivity index (χ0v) is 12.3. The minimum Gasteiger partial charge on any atom is -0.443 e. The van der Waals surface area contributed by atoms with Crippen molar-refractivity contribution in [3.63, 3.8) is 0 Å². The molecule has 0 aliphatic carbocycles. The summed E-state index contributed by atoms with van der Waals surface area (Å²) in [4.78, 5) is 24.5. The van der Waals surface area contributed by atoms with Crippen molar-refractivity contribution >= 4 is 36.7 Å². The number of rotatable bonds is 3. The van der Waals surface area contributed by atoms with Gasteiger partial charge in [-0.05, 0) is 38.9 Å². The van der Waals surface area contributed by atoms with Crippen LogP contribution in [0.25, 0.3) is 0 Å². The topological polar surface area (TPSA) is 55.8 Å². The molecule has 18 heavy (non-hydrogen) atoms. The number of ether oxygens (including phenoxy) is 1. The van der Waals surface area contributed by atoms with E-state index in [1.807, 2.05) is 0 Å². The lowest BCUT2D eigenvalue weighted by Crippen LogP contribution is -2.44. The van der Waals surface area contributed by atoms with Crippen LogP contribution in [0.1, 0.15) is 20.8 Å². The van der Waals surface area contributed by atoms with Gasteiger partial charge in [0.15, 0.2) is 0 Å². The Kier molecular flexibility index (Phi) is 4.85. The fraction of sp³-hybridized carbons (Fsp3) is 0.545. The molecule has 0 N–H and O–H groups in total. The second-order valence-electron chi connectivity index (χ2n) is 4.74. The van der Waals surface area contributed by atoms with Gasteiger partial charge in [0.2, 0.25) is 0 Å². The molecule has 7 heteroatoms. The quantitative estimate of drug-likeness (QED) is 0.744. The lowest BCUT2D eigenvalue weighted by molar-refractivity contribution is -0.125. The number of hydrogen-bond acceptors (Lipinski definition) is 5. The summed E-state index contributed by atoms with van der Waals surface area (Å²) in [5.41, 5.74) is -0.650. The van der Waals surface area contributed by atoms with Crippen LogP contribution in [-0.4, -0.2) is 41.4 Å². The predicted octanol–water partition coefficient (Wildman–Crippen LogP) is 2.00. The van der Waals surface area contributed by atoms with E-state index in [1.165, 1.54) is 6.08 Å². The van der Waals surface area contributed by atoms with Crippen LogP contribution in [-0.2, 0) is 25.9 Å². The summed E-state index contributed by atoms with van der Waals surface area (Å²) in [6.45, 7) is 4.18. The van der Waals surface area contributed by atoms with E-state index in [4.69, 9.17) is 21.1 Å². The summed E-state index contributed by atoms with van der Waals surface area (Å²) >= 11 is 4.82. The van der Waals surface area contributed by atoms with E-state index in [2.05, 4.69) is 6.30 Å². The molecule has 2 amide bonds. The molecule has 1 rings (SSSR count). The van der Waals surface area contributed by atoms with Crippen LogP contribution in [0.15, 0.2) is 12.2 Å². The Bertz CT molecular complexity index is 442. The van der Waals surface area contributed by atoms with Crippen LogP contribution >= 0.6 is 6.55 Å². The Morgan fingerprint density at radius 3 is 2.72 bits per heavy atom. The number of nitrogens with zero attached hydrogens (tertiary/aromatic N) is 1. The molecule has 1 heterocycles. The van der Waals surface area contributed by atoms with Crippen molar-refractivity contribution in [2.24, 2.45) is 0 Å². The van der Waals surface area contributed by atoms with Crippen LogP contribution in [0.3, 0.4) is 0 Å². The van der Waals surface area contributed by atoms with E-state index in [0.717, 1.165) is 4.90 Å². The van der Waals surface area contributed by atoms with Gasteiger partial charge < -0.3 is 9.26 Å². The molecule has 100 valence electrons. The second-order valence-corrected chi connectivity index (χ2v) is 6.89. The molecule has 0 spiro atoms. The molecule has 0 bridgehead atoms. The highest BCUT2D eigenvalue weighted by molar-refractivity contribution is 8.01. The third kappa shape index (κ3) is 4.37. The number of amides is 2. The maximum atomic E-state index is 11.9. The molecular weight excluding hydrogens is 273 g/mol. The second kappa shape index (κ2) is 5.78. The largest absolute Gasteiger partial charge is 0.443 e. The van der Waals surface area contributed by atoms with Crippen molar-refractivity contribution in [3.05, 3.63) is 12.2 Å². The predicted molar refractivity (Wildman–Crippen MR) is 73.4 cm³/mol. The van der Waals surface area contributed by atoms with E-state index in [-0.39, 0.29) is 6.61 Å². The maximum absolute atomic E-state index is 11.9. The first-order valence-electron chi connectivity index (χ1n) is 5.36. The highest BCUT2D eigenvalue weighted by Crippen LogP contribution is 2.19. The number of hydrogen-bond donors (Lipinski definition) is 0. The lowest BCUT2D eigenvalue weighted by atomic mass is 10.2. The van der Waals surface area contributed by atoms with Gasteiger partial charge in [-0.3, -0.25) is 4.79 Å². The van der Waals surface area contributed by atoms with Crippen LogP contribution in [0.5, 0.6) is 0 Å². The van der Waals surface area contributed by atoms with E-state index < -0.39 is 30.2 Å². The highest BCUT2D eigenvalue weighted by Gasteiger charge is 2.34. The molecule has 0 aromatic carbocycles. The van der Waals surface area contributed by atoms with Crippen LogP contribution in [0.2, 0.25) is 0 Å². The van der Waals surface area contributed by atoms with Gasteiger partial charge in [-0.1, -0.05) is 6.08 Å². The Morgan fingerprint density at radius 1 is 1.61 bits per heavy atom. The summed E-state index contributed by atoms with van der Waals surface area (Å²) in [7, 11) is 0. The maximum Gasteiger partial charge on any atom is 0.417 e. The molecule has 1 unspecified atom stereocenters. The zero-order chi connectivity index (χ0) is 13.9. The third-order valence-corrected chi connectivity index (χ3v) is 2.76. The van der Waals surface area contributed by atoms with Crippen molar-refractivity contribution < 1.29 is 18.8 Å². The van der Waals surface area contributed by atoms with Gasteiger partial charge in [0.25, 0.3) is 5.91 Å². The average molecular weight is 289 g/mol. The number of carbonyl (C=O) groups is 2. The number of carbonyl (C=O) groups excluding carboxylic acids is 2. The third-order valence-electron chi connectivity index (χ3n) is 2.01. The molecule has 0 saturated carbocycles. The Balaban J connectivity index is 2.72. The molecule has 0 fully saturated rings. The van der Waals surface area contributed by atoms with Crippen molar-refractivity contribution in [2.45, 2.75) is 32.4 Å². The molecule has 1 aliphatic rings. The van der Waals surface area contributed by atoms with Crippen molar-refractivity contribution in [3.8, 4) is 0 Å². The molecule has 5 nitrogen and oxygen atoms in total. The summed E-state index contributed by atoms with van der Waals surface area (Å²) in [6, 6.07) is -0.470. The zero-order valence-electron chi connectivity index (χ0n) is 10.6. The smallest absolute Gasteiger partial charge is 0.417 e. The monoisotopic (exact) mass is 289 g/mol. The van der Waals surface area contributed by atoms with Crippen LogP contribution in [0, 0.1) is 0 Å². The van der Waals surface area contributed by atoms with Gasteiger partial charge in [0.05, 0.1) is 19.2 Å². The lowest BCUT2D eigenvalue weighted by Gasteiger charge is -2.26. The molecule has 1 aliphatic heterocycles. The summed E-state index contributed by atoms with van der Waals surface area (Å²) in [5.74, 6) is -0.407. The minimum atomic E-state index is -1.19. The van der Waals surface area contributed by atoms with E-state index >= 15 is 0 Å². The van der Waals surface area contributed by atoms with Crippen LogP contribution < -0.4 is 0 Å². The summed E-state index contributed by atoms with van der Waals surface area (Å²) in [5, 5.41) is 0. The fourth-order valence-electron chi connectivity index (χ4n) is 1.35. The Labute approximate surface area is 112 Å². The molecule has 2 atom stereocenters. The van der Waals surface area contributed by atoms with Crippen LogP contribution in [0.4, 0.5) is 4.79 Å². The Hall–Kier alpha value is -0.970. The molecule has 0 aromatic heterocycles. The summed E-state index contributed by atoms with van der Waals surface area (Å²) < 4.78 is 10.4. The minimum absolute atomic E-state index is 0.153. The highest BCUT2D eigenvalue weighted by atomic mass is 32.4. The first-order valence-corrected chi connectivity index (χ1v) is 7.81. The van der Waals surface area contributed by atoms with Crippen molar-refractivity contribution in [2.75, 3.05) is 6.61 Å². The van der Waals surface area contributed by atoms with Gasteiger partial charge >= 0.3 is 6.09 Å². The fourth-order valence-corrected chi connectivity index (χ4v) is 1.85. The number of imide groups is 1. The van der Waals surface area contributed by atoms with Crippen molar-refractivity contribution in [1.29, 1.82) is 0 Å². The molecule has 0 radical (unpaired) electrons. The van der Waals surface area contributed by atoms with Gasteiger partial charge in [-0.15, -0.1) is 0 Å². The normalized spacial score (nSPS) is 20.2. The summed E-state index contributed by atoms with van der Waals surface area (Å²) in [6.07, 6.45) is 5.81. The SMILES string of the molecule is C=P(=S)OC[C@@H]1C=CC(=O)N1C(=O)OC(C)(C)C. The Morgan fingerprint density at radius 2 is 2.22 bits per heavy atom. The first kappa shape index (κ1) is 15.1. The standard InChI is InChI=1S/C11H16NO4PS/c1-11(2,3)16-10(14)12-8(5-6-9(12)13)7-15-17(4)18/h5-6,8H,4,7H2,1-3H3/t8-/m0/s1. The first-order chi connectivity index (χ1) is 8.20. The van der Waals surface area contributed by atoms with Gasteiger partial charge in [0.1, 0.15) is 5.60 Å². The van der Waals surface area contributed by atoms with E-state index in [1.54, 1.807) is 26.8 Å². The molecule has 0 saturated heterocycles. The van der Waals surface area contributed by atoms with E-state index in [0.29, 0.717) is 0 Å². The van der Waals surface area contributed by atoms with Gasteiger partial charge in [0, 0.05) is 6.08 Å².